The Hall–Kier alpha value is 0.337. The summed E-state index contributed by atoms with van der Waals surface area (Å²) in [6, 6.07) is 5.05. The number of rotatable bonds is 26. The van der Waals surface area contributed by atoms with Gasteiger partial charge in [0.05, 0.1) is 0 Å². The Morgan fingerprint density at radius 2 is 0.717 bits per heavy atom. The first-order valence-corrected chi connectivity index (χ1v) is 41.0. The predicted octanol–water partition coefficient (Wildman–Crippen LogP) is 13.8. The summed E-state index contributed by atoms with van der Waals surface area (Å²) >= 11 is -0.500. The third kappa shape index (κ3) is 13.6. The van der Waals surface area contributed by atoms with Crippen LogP contribution in [0.15, 0.2) is 12.1 Å². The molecule has 0 aliphatic carbocycles. The second kappa shape index (κ2) is 21.5. The molecule has 0 saturated heterocycles. The molecule has 0 spiro atoms. The van der Waals surface area contributed by atoms with E-state index in [1.807, 2.05) is 22.7 Å². The Bertz CT molecular complexity index is 1110. The minimum atomic E-state index is -2.28. The molecular weight excluding hydrogens is 814 g/mol. The van der Waals surface area contributed by atoms with E-state index in [0.29, 0.717) is 0 Å². The van der Waals surface area contributed by atoms with Gasteiger partial charge in [0.1, 0.15) is 0 Å². The van der Waals surface area contributed by atoms with Crippen molar-refractivity contribution < 1.29 is 9.47 Å². The van der Waals surface area contributed by atoms with Crippen LogP contribution in [-0.4, -0.2) is 50.0 Å². The van der Waals surface area contributed by atoms with Gasteiger partial charge in [-0.2, -0.15) is 0 Å². The van der Waals surface area contributed by atoms with E-state index in [2.05, 4.69) is 55.6 Å². The molecule has 0 fully saturated rings. The van der Waals surface area contributed by atoms with Crippen molar-refractivity contribution in [3.63, 3.8) is 0 Å². The molecule has 1 aromatic carbocycles. The van der Waals surface area contributed by atoms with E-state index in [0.717, 1.165) is 37.6 Å². The molecular formula is C40H70O2S2Sn2. The van der Waals surface area contributed by atoms with Gasteiger partial charge in [-0.05, 0) is 0 Å². The van der Waals surface area contributed by atoms with Crippen LogP contribution in [0.5, 0.6) is 11.5 Å². The van der Waals surface area contributed by atoms with E-state index in [1.165, 1.54) is 136 Å². The zero-order valence-corrected chi connectivity index (χ0v) is 38.7. The number of hydrogen-bond acceptors (Lipinski definition) is 4. The number of fused-ring (bicyclic) bond motifs is 2. The molecule has 0 saturated carbocycles. The van der Waals surface area contributed by atoms with Gasteiger partial charge in [-0.3, -0.25) is 0 Å². The van der Waals surface area contributed by atoms with E-state index < -0.39 is 36.8 Å². The van der Waals surface area contributed by atoms with Crippen molar-refractivity contribution in [3.05, 3.63) is 12.1 Å². The molecule has 0 unspecified atom stereocenters. The van der Waals surface area contributed by atoms with Crippen molar-refractivity contribution in [2.45, 2.75) is 172 Å². The van der Waals surface area contributed by atoms with Crippen LogP contribution in [0, 0.1) is 0 Å². The molecule has 0 amide bonds. The quantitative estimate of drug-likeness (QED) is 0.0591. The Balaban J connectivity index is 1.70. The van der Waals surface area contributed by atoms with E-state index >= 15 is 0 Å². The summed E-state index contributed by atoms with van der Waals surface area (Å²) in [5.74, 6) is 2.33. The Morgan fingerprint density at radius 3 is 1.00 bits per heavy atom. The van der Waals surface area contributed by atoms with Crippen LogP contribution in [0.4, 0.5) is 0 Å². The topological polar surface area (TPSA) is 18.5 Å². The van der Waals surface area contributed by atoms with Gasteiger partial charge in [-0.1, -0.05) is 65.2 Å². The molecule has 0 N–H and O–H groups in total. The summed E-state index contributed by atoms with van der Waals surface area (Å²) in [6.45, 7) is 6.26. The molecule has 46 heavy (non-hydrogen) atoms. The third-order valence-electron chi connectivity index (χ3n) is 9.33. The van der Waals surface area contributed by atoms with Gasteiger partial charge in [0.2, 0.25) is 0 Å². The van der Waals surface area contributed by atoms with E-state index in [-0.39, 0.29) is 0 Å². The molecule has 3 rings (SSSR count). The van der Waals surface area contributed by atoms with Crippen molar-refractivity contribution in [1.82, 2.24) is 0 Å². The van der Waals surface area contributed by atoms with E-state index in [4.69, 9.17) is 9.47 Å². The summed E-state index contributed by atoms with van der Waals surface area (Å²) in [6.07, 6.45) is 27.1. The predicted molar refractivity (Wildman–Crippen MR) is 218 cm³/mol. The van der Waals surface area contributed by atoms with Crippen molar-refractivity contribution in [1.29, 1.82) is 0 Å². The average Bonchev–Trinajstić information content (AvgIpc) is 3.65. The van der Waals surface area contributed by atoms with Crippen molar-refractivity contribution in [2.24, 2.45) is 0 Å². The third-order valence-corrected chi connectivity index (χ3v) is 30.5. The van der Waals surface area contributed by atoms with Gasteiger partial charge < -0.3 is 0 Å². The maximum absolute atomic E-state index is 6.83. The first-order chi connectivity index (χ1) is 22.1. The van der Waals surface area contributed by atoms with Gasteiger partial charge in [0, 0.05) is 0 Å². The van der Waals surface area contributed by atoms with Crippen LogP contribution in [0.1, 0.15) is 142 Å². The standard InChI is InChI=1S/C34H52O2S2.6CH3.2Sn/c1-3-5-7-9-11-13-15-17-19-21-25-35-31-29-23-27-38-34(29)32(30-24-28-37-33(30)31)36-26-22-20-18-16-14-12-10-8-6-4-2;;;;;;;;/h23-24H,3-22,25-26H2,1-2H3;6*1H3;;. The number of ether oxygens (including phenoxy) is 2. The SMILES string of the molecule is CCCCCCCCCCCCOc1c2c[c]([Sn]([CH3])([CH3])[CH3])sc2c(OCCCCCCCCCCCC)c2c[c]([Sn]([CH3])([CH3])[CH3])sc12. The van der Waals surface area contributed by atoms with Gasteiger partial charge in [-0.15, -0.1) is 0 Å². The molecule has 0 radical (unpaired) electrons. The van der Waals surface area contributed by atoms with Crippen LogP contribution in [0.2, 0.25) is 29.6 Å². The molecule has 2 aromatic heterocycles. The molecule has 6 heteroatoms. The number of benzene rings is 1. The molecule has 262 valence electrons. The molecule has 2 nitrogen and oxygen atoms in total. The molecule has 0 aliphatic rings. The van der Waals surface area contributed by atoms with Crippen LogP contribution in [0.25, 0.3) is 20.2 Å². The minimum absolute atomic E-state index is 0.829. The van der Waals surface area contributed by atoms with Gasteiger partial charge in [0.15, 0.2) is 0 Å². The summed E-state index contributed by atoms with van der Waals surface area (Å²) in [5, 5.41) is 2.67. The first-order valence-electron chi connectivity index (χ1n) is 19.4. The summed E-state index contributed by atoms with van der Waals surface area (Å²) in [5.41, 5.74) is 0. The second-order valence-corrected chi connectivity index (χ2v) is 48.9. The fourth-order valence-electron chi connectivity index (χ4n) is 6.25. The van der Waals surface area contributed by atoms with E-state index in [1.54, 1.807) is 5.79 Å². The van der Waals surface area contributed by atoms with Gasteiger partial charge >= 0.3 is 238 Å². The number of hydrogen-bond donors (Lipinski definition) is 0. The summed E-state index contributed by atoms with van der Waals surface area (Å²) in [4.78, 5) is 15.3. The van der Waals surface area contributed by atoms with Gasteiger partial charge in [-0.25, -0.2) is 0 Å². The van der Waals surface area contributed by atoms with Crippen LogP contribution in [0.3, 0.4) is 0 Å². The molecule has 3 aromatic rings. The van der Waals surface area contributed by atoms with Crippen LogP contribution >= 0.6 is 22.7 Å². The molecule has 0 aliphatic heterocycles. The number of thiophene rings is 2. The van der Waals surface area contributed by atoms with Crippen molar-refractivity contribution >= 4 is 85.4 Å². The fraction of sp³-hybridized carbons (Fsp3) is 0.750. The van der Waals surface area contributed by atoms with E-state index in [9.17, 15) is 0 Å². The normalized spacial score (nSPS) is 12.5. The zero-order valence-electron chi connectivity index (χ0n) is 31.3. The molecule has 0 bridgehead atoms. The van der Waals surface area contributed by atoms with Crippen LogP contribution < -0.4 is 15.3 Å². The monoisotopic (exact) mass is 886 g/mol. The van der Waals surface area contributed by atoms with Crippen LogP contribution in [-0.2, 0) is 0 Å². The second-order valence-electron chi connectivity index (χ2n) is 15.9. The Labute approximate surface area is 300 Å². The average molecular weight is 885 g/mol. The Morgan fingerprint density at radius 1 is 0.435 bits per heavy atom. The number of unbranched alkanes of at least 4 members (excludes halogenated alkanes) is 18. The van der Waals surface area contributed by atoms with Gasteiger partial charge in [0.25, 0.3) is 0 Å². The zero-order chi connectivity index (χ0) is 33.4. The first kappa shape index (κ1) is 40.8. The summed E-state index contributed by atoms with van der Waals surface area (Å²) in [7, 11) is 0. The summed E-state index contributed by atoms with van der Waals surface area (Å²) < 4.78 is 19.6. The molecule has 0 atom stereocenters. The molecule has 2 heterocycles. The fourth-order valence-corrected chi connectivity index (χ4v) is 19.0. The Kier molecular flexibility index (Phi) is 19.1. The van der Waals surface area contributed by atoms with Crippen molar-refractivity contribution in [3.8, 4) is 11.5 Å². The van der Waals surface area contributed by atoms with Crippen molar-refractivity contribution in [2.75, 3.05) is 13.2 Å². The maximum atomic E-state index is 6.83.